The number of hydrogen-bond acceptors (Lipinski definition) is 3. The van der Waals surface area contributed by atoms with Gasteiger partial charge in [-0.25, -0.2) is 4.98 Å². The number of hydrogen-bond donors (Lipinski definition) is 2. The third-order valence-electron chi connectivity index (χ3n) is 0.857. The van der Waals surface area contributed by atoms with E-state index in [9.17, 15) is 0 Å². The van der Waals surface area contributed by atoms with E-state index >= 15 is 0 Å². The third-order valence-corrected chi connectivity index (χ3v) is 1.25. The van der Waals surface area contributed by atoms with Crippen LogP contribution in [0.5, 0.6) is 0 Å². The predicted molar refractivity (Wildman–Crippen MR) is 37.1 cm³/mol. The molecule has 0 atom stereocenters. The van der Waals surface area contributed by atoms with E-state index in [1.54, 1.807) is 7.05 Å². The van der Waals surface area contributed by atoms with Gasteiger partial charge in [0, 0.05) is 7.05 Å². The molecule has 0 aliphatic carbocycles. The summed E-state index contributed by atoms with van der Waals surface area (Å²) in [6.07, 6.45) is 1.42. The molecule has 0 radical (unpaired) electrons. The van der Waals surface area contributed by atoms with E-state index in [1.807, 2.05) is 0 Å². The van der Waals surface area contributed by atoms with Crippen LogP contribution in [-0.4, -0.2) is 27.2 Å². The van der Waals surface area contributed by atoms with Crippen LogP contribution in [0, 0.1) is 0 Å². The molecule has 0 saturated heterocycles. The van der Waals surface area contributed by atoms with E-state index in [-0.39, 0.29) is 0 Å². The van der Waals surface area contributed by atoms with Gasteiger partial charge < -0.3 is 5.32 Å². The molecule has 5 heteroatoms. The first kappa shape index (κ1) is 6.15. The minimum atomic E-state index is 0.576. The maximum Gasteiger partial charge on any atom is 0.182 e. The lowest BCUT2D eigenvalue weighted by Gasteiger charge is -1.93. The van der Waals surface area contributed by atoms with Gasteiger partial charge in [0.1, 0.15) is 11.3 Å². The Morgan fingerprint density at radius 3 is 3.11 bits per heavy atom. The first-order chi connectivity index (χ1) is 4.34. The van der Waals surface area contributed by atoms with Crippen LogP contribution in [0.4, 0.5) is 0 Å². The van der Waals surface area contributed by atoms with Crippen molar-refractivity contribution in [1.29, 1.82) is 0 Å². The second kappa shape index (κ2) is 2.54. The lowest BCUT2D eigenvalue weighted by molar-refractivity contribution is 1.06. The Kier molecular flexibility index (Phi) is 1.74. The molecule has 4 nitrogen and oxygen atoms in total. The molecule has 1 aromatic heterocycles. The summed E-state index contributed by atoms with van der Waals surface area (Å²) in [6.45, 7) is 0. The Hall–Kier alpha value is -0.970. The number of aromatic amines is 1. The number of aromatic nitrogens is 3. The van der Waals surface area contributed by atoms with Crippen molar-refractivity contribution in [2.24, 2.45) is 0 Å². The van der Waals surface area contributed by atoms with Gasteiger partial charge in [-0.2, -0.15) is 5.10 Å². The molecule has 0 aromatic carbocycles. The lowest BCUT2D eigenvalue weighted by atomic mass is 10.6. The van der Waals surface area contributed by atoms with Crippen molar-refractivity contribution in [3.05, 3.63) is 12.2 Å². The Labute approximate surface area is 57.7 Å². The monoisotopic (exact) mass is 142 g/mol. The van der Waals surface area contributed by atoms with Gasteiger partial charge in [0.25, 0.3) is 0 Å². The van der Waals surface area contributed by atoms with Gasteiger partial charge in [0.15, 0.2) is 5.82 Å². The van der Waals surface area contributed by atoms with Crippen LogP contribution in [-0.2, 0) is 0 Å². The van der Waals surface area contributed by atoms with E-state index in [0.29, 0.717) is 10.8 Å². The fourth-order valence-corrected chi connectivity index (χ4v) is 0.532. The van der Waals surface area contributed by atoms with E-state index in [2.05, 4.69) is 20.5 Å². The molecule has 2 N–H and O–H groups in total. The lowest BCUT2D eigenvalue weighted by Crippen LogP contribution is -2.17. The topological polar surface area (TPSA) is 53.6 Å². The summed E-state index contributed by atoms with van der Waals surface area (Å²) >= 11 is 4.83. The Bertz CT molecular complexity index is 192. The smallest absolute Gasteiger partial charge is 0.182 e. The largest absolute Gasteiger partial charge is 0.376 e. The van der Waals surface area contributed by atoms with Gasteiger partial charge in [-0.15, -0.1) is 0 Å². The van der Waals surface area contributed by atoms with Crippen LogP contribution in [0.1, 0.15) is 5.82 Å². The van der Waals surface area contributed by atoms with Crippen molar-refractivity contribution in [2.45, 2.75) is 0 Å². The molecule has 0 amide bonds. The summed E-state index contributed by atoms with van der Waals surface area (Å²) < 4.78 is 0. The molecule has 0 spiro atoms. The molecule has 0 aliphatic heterocycles. The van der Waals surface area contributed by atoms with Crippen molar-refractivity contribution in [1.82, 2.24) is 20.5 Å². The van der Waals surface area contributed by atoms with Gasteiger partial charge >= 0.3 is 0 Å². The van der Waals surface area contributed by atoms with Crippen molar-refractivity contribution < 1.29 is 0 Å². The van der Waals surface area contributed by atoms with E-state index in [0.717, 1.165) is 0 Å². The highest BCUT2D eigenvalue weighted by Gasteiger charge is 1.97. The Morgan fingerprint density at radius 2 is 2.67 bits per heavy atom. The maximum absolute atomic E-state index is 4.83. The zero-order valence-corrected chi connectivity index (χ0v) is 5.70. The molecule has 1 heterocycles. The van der Waals surface area contributed by atoms with Crippen molar-refractivity contribution in [3.63, 3.8) is 0 Å². The van der Waals surface area contributed by atoms with E-state index in [4.69, 9.17) is 12.2 Å². The van der Waals surface area contributed by atoms with Gasteiger partial charge in [0.05, 0.1) is 0 Å². The average molecular weight is 142 g/mol. The van der Waals surface area contributed by atoms with Crippen LogP contribution in [0.25, 0.3) is 0 Å². The first-order valence-corrected chi connectivity index (χ1v) is 2.83. The SMILES string of the molecule is CNC(=S)c1ncn[nH]1. The quantitative estimate of drug-likeness (QED) is 0.528. The maximum atomic E-state index is 4.83. The van der Waals surface area contributed by atoms with E-state index < -0.39 is 0 Å². The summed E-state index contributed by atoms with van der Waals surface area (Å²) in [4.78, 5) is 4.39. The summed E-state index contributed by atoms with van der Waals surface area (Å²) in [5, 5.41) is 9.02. The van der Waals surface area contributed by atoms with Gasteiger partial charge in [-0.3, -0.25) is 5.10 Å². The van der Waals surface area contributed by atoms with Crippen molar-refractivity contribution in [2.75, 3.05) is 7.05 Å². The fraction of sp³-hybridized carbons (Fsp3) is 0.250. The standard InChI is InChI=1S/C4H6N4S/c1-5-4(9)3-6-2-7-8-3/h2H,1H3,(H,5,9)(H,6,7,8). The molecule has 0 saturated carbocycles. The number of nitrogens with zero attached hydrogens (tertiary/aromatic N) is 2. The molecular weight excluding hydrogens is 136 g/mol. The summed E-state index contributed by atoms with van der Waals surface area (Å²) in [5.41, 5.74) is 0. The predicted octanol–water partition coefficient (Wildman–Crippen LogP) is -0.300. The second-order valence-electron chi connectivity index (χ2n) is 1.41. The molecule has 0 fully saturated rings. The van der Waals surface area contributed by atoms with Crippen LogP contribution in [0.3, 0.4) is 0 Å². The minimum Gasteiger partial charge on any atom is -0.376 e. The number of nitrogens with one attached hydrogen (secondary N) is 2. The molecular formula is C4H6N4S. The van der Waals surface area contributed by atoms with Crippen molar-refractivity contribution in [3.8, 4) is 0 Å². The third kappa shape index (κ3) is 1.23. The Balaban J connectivity index is 2.77. The highest BCUT2D eigenvalue weighted by Crippen LogP contribution is 1.84. The number of H-pyrrole nitrogens is 1. The van der Waals surface area contributed by atoms with Crippen molar-refractivity contribution >= 4 is 17.2 Å². The highest BCUT2D eigenvalue weighted by atomic mass is 32.1. The van der Waals surface area contributed by atoms with Gasteiger partial charge in [-0.05, 0) is 0 Å². The second-order valence-corrected chi connectivity index (χ2v) is 1.82. The highest BCUT2D eigenvalue weighted by molar-refractivity contribution is 7.80. The molecule has 48 valence electrons. The van der Waals surface area contributed by atoms with Crippen LogP contribution in [0.2, 0.25) is 0 Å². The minimum absolute atomic E-state index is 0.576. The molecule has 9 heavy (non-hydrogen) atoms. The fourth-order valence-electron chi connectivity index (χ4n) is 0.433. The average Bonchev–Trinajstić information content (AvgIpc) is 2.37. The van der Waals surface area contributed by atoms with E-state index in [1.165, 1.54) is 6.33 Å². The zero-order valence-electron chi connectivity index (χ0n) is 4.88. The molecule has 1 aromatic rings. The molecule has 1 rings (SSSR count). The molecule has 0 bridgehead atoms. The van der Waals surface area contributed by atoms with Crippen LogP contribution >= 0.6 is 12.2 Å². The molecule has 0 unspecified atom stereocenters. The summed E-state index contributed by atoms with van der Waals surface area (Å²) in [7, 11) is 1.74. The number of rotatable bonds is 1. The van der Waals surface area contributed by atoms with Gasteiger partial charge in [-0.1, -0.05) is 12.2 Å². The van der Waals surface area contributed by atoms with Crippen LogP contribution < -0.4 is 5.32 Å². The first-order valence-electron chi connectivity index (χ1n) is 2.42. The summed E-state index contributed by atoms with van der Waals surface area (Å²) in [6, 6.07) is 0. The Morgan fingerprint density at radius 1 is 1.89 bits per heavy atom. The summed E-state index contributed by atoms with van der Waals surface area (Å²) in [5.74, 6) is 0.604. The zero-order chi connectivity index (χ0) is 6.69. The number of thiocarbonyl (C=S) groups is 1. The van der Waals surface area contributed by atoms with Crippen LogP contribution in [0.15, 0.2) is 6.33 Å². The molecule has 0 aliphatic rings. The normalized spacial score (nSPS) is 9.00. The van der Waals surface area contributed by atoms with Gasteiger partial charge in [0.2, 0.25) is 0 Å².